The van der Waals surface area contributed by atoms with Crippen molar-refractivity contribution in [2.75, 3.05) is 39.6 Å². The van der Waals surface area contributed by atoms with Crippen molar-refractivity contribution in [3.63, 3.8) is 0 Å². The molecule has 0 aromatic carbocycles. The number of aliphatic hydroxyl groups is 1. The van der Waals surface area contributed by atoms with Crippen LogP contribution in [-0.2, 0) is 65.4 Å². The first-order chi connectivity index (χ1) is 51.7. The molecular weight excluding hydrogens is 1380 g/mol. The Balaban J connectivity index is 5.55. The second-order valence-electron chi connectivity index (χ2n) is 25.5. The molecule has 106 heavy (non-hydrogen) atoms. The third-order valence-electron chi connectivity index (χ3n) is 15.5. The van der Waals surface area contributed by atoms with Crippen LogP contribution in [0.1, 0.15) is 272 Å². The van der Waals surface area contributed by atoms with Crippen LogP contribution in [0.5, 0.6) is 0 Å². The maximum atomic E-state index is 13.1. The summed E-state index contributed by atoms with van der Waals surface area (Å²) in [6.07, 6.45) is 94.4. The average Bonchev–Trinajstić information content (AvgIpc) is 0.902. The van der Waals surface area contributed by atoms with E-state index in [4.69, 9.17) is 37.0 Å². The molecule has 0 saturated carbocycles. The van der Waals surface area contributed by atoms with Gasteiger partial charge in [0.15, 0.2) is 12.2 Å². The first-order valence-corrected chi connectivity index (χ1v) is 42.7. The van der Waals surface area contributed by atoms with Crippen LogP contribution in [0.2, 0.25) is 0 Å². The molecular formula is C87H138O17P2. The maximum absolute atomic E-state index is 13.1. The van der Waals surface area contributed by atoms with Gasteiger partial charge in [0.2, 0.25) is 0 Å². The van der Waals surface area contributed by atoms with Crippen LogP contribution in [-0.4, -0.2) is 96.7 Å². The van der Waals surface area contributed by atoms with Gasteiger partial charge in [-0.3, -0.25) is 37.3 Å². The summed E-state index contributed by atoms with van der Waals surface area (Å²) in [6, 6.07) is 0. The fourth-order valence-corrected chi connectivity index (χ4v) is 11.2. The topological polar surface area (TPSA) is 237 Å². The van der Waals surface area contributed by atoms with Gasteiger partial charge >= 0.3 is 39.5 Å². The molecule has 0 aromatic heterocycles. The highest BCUT2D eigenvalue weighted by Gasteiger charge is 2.30. The number of rotatable bonds is 72. The molecule has 0 aliphatic heterocycles. The number of hydrogen-bond acceptors (Lipinski definition) is 15. The van der Waals surface area contributed by atoms with Crippen LogP contribution in [0.3, 0.4) is 0 Å². The number of phosphoric acid groups is 2. The van der Waals surface area contributed by atoms with E-state index in [1.165, 1.54) is 38.5 Å². The Hall–Kier alpha value is -6.10. The molecule has 0 amide bonds. The lowest BCUT2D eigenvalue weighted by Crippen LogP contribution is -2.30. The van der Waals surface area contributed by atoms with Gasteiger partial charge in [-0.1, -0.05) is 273 Å². The molecule has 598 valence electrons. The van der Waals surface area contributed by atoms with Crippen molar-refractivity contribution >= 4 is 39.5 Å². The Labute approximate surface area is 640 Å². The highest BCUT2D eigenvalue weighted by molar-refractivity contribution is 7.47. The molecule has 0 heterocycles. The van der Waals surface area contributed by atoms with Crippen molar-refractivity contribution in [2.24, 2.45) is 0 Å². The van der Waals surface area contributed by atoms with Gasteiger partial charge in [0.05, 0.1) is 26.4 Å². The number of aliphatic hydroxyl groups excluding tert-OH is 1. The highest BCUT2D eigenvalue weighted by Crippen LogP contribution is 2.45. The fraction of sp³-hybridized carbons (Fsp3) is 0.586. The highest BCUT2D eigenvalue weighted by atomic mass is 31.2. The molecule has 5 unspecified atom stereocenters. The summed E-state index contributed by atoms with van der Waals surface area (Å²) in [6.45, 7) is 4.29. The third-order valence-corrected chi connectivity index (χ3v) is 17.4. The lowest BCUT2D eigenvalue weighted by Gasteiger charge is -2.21. The first kappa shape index (κ1) is 99.9. The van der Waals surface area contributed by atoms with Crippen molar-refractivity contribution in [3.05, 3.63) is 194 Å². The van der Waals surface area contributed by atoms with Gasteiger partial charge in [-0.2, -0.15) is 0 Å². The van der Waals surface area contributed by atoms with Crippen molar-refractivity contribution in [3.8, 4) is 0 Å². The summed E-state index contributed by atoms with van der Waals surface area (Å²) in [4.78, 5) is 73.0. The molecule has 0 bridgehead atoms. The number of esters is 4. The molecule has 0 saturated heterocycles. The van der Waals surface area contributed by atoms with Crippen LogP contribution >= 0.6 is 15.6 Å². The summed E-state index contributed by atoms with van der Waals surface area (Å²) in [5.74, 6) is -2.42. The number of unbranched alkanes of at least 4 members (excludes halogenated alkanes) is 14. The van der Waals surface area contributed by atoms with E-state index < -0.39 is 97.5 Å². The van der Waals surface area contributed by atoms with Crippen molar-refractivity contribution in [1.29, 1.82) is 0 Å². The Bertz CT molecular complexity index is 2780. The van der Waals surface area contributed by atoms with E-state index in [1.54, 1.807) is 0 Å². The molecule has 19 heteroatoms. The lowest BCUT2D eigenvalue weighted by molar-refractivity contribution is -0.161. The molecule has 0 fully saturated rings. The molecule has 0 aliphatic carbocycles. The maximum Gasteiger partial charge on any atom is 0.472 e. The van der Waals surface area contributed by atoms with Gasteiger partial charge in [-0.25, -0.2) is 9.13 Å². The molecule has 0 spiro atoms. The van der Waals surface area contributed by atoms with Crippen LogP contribution in [0.15, 0.2) is 194 Å². The molecule has 0 rings (SSSR count). The summed E-state index contributed by atoms with van der Waals surface area (Å²) >= 11 is 0. The minimum atomic E-state index is -5.02. The van der Waals surface area contributed by atoms with Gasteiger partial charge in [0.1, 0.15) is 19.3 Å². The number of phosphoric ester groups is 2. The number of ether oxygens (including phenoxy) is 4. The largest absolute Gasteiger partial charge is 0.472 e. The van der Waals surface area contributed by atoms with E-state index in [-0.39, 0.29) is 25.7 Å². The van der Waals surface area contributed by atoms with E-state index >= 15 is 0 Å². The molecule has 3 N–H and O–H groups in total. The number of carbonyl (C=O) groups is 4. The van der Waals surface area contributed by atoms with Gasteiger partial charge in [-0.05, 0) is 167 Å². The predicted molar refractivity (Wildman–Crippen MR) is 436 cm³/mol. The van der Waals surface area contributed by atoms with E-state index in [0.29, 0.717) is 38.5 Å². The average molecular weight is 1520 g/mol. The van der Waals surface area contributed by atoms with Crippen LogP contribution in [0, 0.1) is 0 Å². The zero-order valence-electron chi connectivity index (χ0n) is 65.3. The Morgan fingerprint density at radius 3 is 0.877 bits per heavy atom. The Kier molecular flexibility index (Phi) is 72.6. The van der Waals surface area contributed by atoms with Crippen molar-refractivity contribution in [1.82, 2.24) is 0 Å². The molecule has 0 radical (unpaired) electrons. The summed E-state index contributed by atoms with van der Waals surface area (Å²) in [5.41, 5.74) is 0. The molecule has 0 aromatic rings. The van der Waals surface area contributed by atoms with E-state index in [0.717, 1.165) is 141 Å². The smallest absolute Gasteiger partial charge is 0.462 e. The minimum absolute atomic E-state index is 0.00856. The second kappa shape index (κ2) is 77.1. The van der Waals surface area contributed by atoms with Crippen molar-refractivity contribution < 1.29 is 80.2 Å². The standard InChI is InChI=1S/C87H138O17P2/c1-5-9-13-17-21-25-29-33-37-39-40-42-45-48-52-56-60-64-68-72-85(90)98-78-83(104-87(92)74-70-66-62-58-54-50-46-41-38-34-30-26-22-18-14-10-6-2)80-102-106(95,96)100-76-81(88)75-99-105(93,94)101-79-82(103-86(91)73-69-65-61-57-53-49-44-36-32-28-24-20-16-12-8-4)77-97-84(89)71-67-63-59-55-51-47-43-35-31-27-23-19-15-11-7-3/h9-11,13-15,21-23,25-27,33-38,40,42-44,46,48,50-52,55,58,60,62,64,81-83,88H,5-8,12,16-20,24,28-32,39,41,45,47,49,53-54,56-57,59,61,63,65-80H2,1-4H3,(H,93,94)(H,95,96)/b13-9-,14-10-,15-11-,25-21-,26-22-,27-23-,37-33-,38-34-,42-40-,43-35-,44-36-,50-46-,52-48-,55-51-,62-58-,64-60-. The normalized spacial score (nSPS) is 14.9. The Morgan fingerprint density at radius 2 is 0.519 bits per heavy atom. The van der Waals surface area contributed by atoms with Crippen LogP contribution < -0.4 is 0 Å². The van der Waals surface area contributed by atoms with Gasteiger partial charge in [-0.15, -0.1) is 0 Å². The molecule has 17 nitrogen and oxygen atoms in total. The predicted octanol–water partition coefficient (Wildman–Crippen LogP) is 23.3. The van der Waals surface area contributed by atoms with Crippen LogP contribution in [0.25, 0.3) is 0 Å². The third kappa shape index (κ3) is 76.1. The number of hydrogen-bond donors (Lipinski definition) is 3. The molecule has 5 atom stereocenters. The lowest BCUT2D eigenvalue weighted by atomic mass is 10.1. The Morgan fingerprint density at radius 1 is 0.274 bits per heavy atom. The van der Waals surface area contributed by atoms with Gasteiger partial charge in [0.25, 0.3) is 0 Å². The second-order valence-corrected chi connectivity index (χ2v) is 28.4. The van der Waals surface area contributed by atoms with Crippen LogP contribution in [0.4, 0.5) is 0 Å². The summed E-state index contributed by atoms with van der Waals surface area (Å²) < 4.78 is 68.4. The van der Waals surface area contributed by atoms with Gasteiger partial charge < -0.3 is 33.8 Å². The zero-order valence-corrected chi connectivity index (χ0v) is 67.1. The zero-order chi connectivity index (χ0) is 77.4. The van der Waals surface area contributed by atoms with Gasteiger partial charge in [0, 0.05) is 25.7 Å². The number of allylic oxidation sites excluding steroid dienone is 32. The SMILES string of the molecule is CC/C=C\C/C=C\C/C=C\C/C=C\C/C=C\C/C=C\CCC(=O)OCC(COP(=O)(O)OCC(O)COP(=O)(O)OCC(COC(=O)CCCC/C=C\C/C=C\C/C=C\C/C=C\CC)OC(=O)CCCCCCC/C=C\CCCCCCCC)OC(=O)CCC/C=C\C/C=C\C/C=C\C/C=C\C/C=C\CC. The fourth-order valence-electron chi connectivity index (χ4n) is 9.62. The molecule has 0 aliphatic rings. The quantitative estimate of drug-likeness (QED) is 0.0169. The summed E-state index contributed by atoms with van der Waals surface area (Å²) in [7, 11) is -10.0. The van der Waals surface area contributed by atoms with E-state index in [9.17, 15) is 43.2 Å². The first-order valence-electron chi connectivity index (χ1n) is 39.7. The number of carbonyl (C=O) groups excluding carboxylic acids is 4. The van der Waals surface area contributed by atoms with Crippen molar-refractivity contribution in [2.45, 2.75) is 290 Å². The van der Waals surface area contributed by atoms with E-state index in [1.807, 2.05) is 30.4 Å². The van der Waals surface area contributed by atoms with E-state index in [2.05, 4.69) is 192 Å². The summed E-state index contributed by atoms with van der Waals surface area (Å²) in [5, 5.41) is 10.6. The monoisotopic (exact) mass is 1520 g/mol. The minimum Gasteiger partial charge on any atom is -0.462 e.